The summed E-state index contributed by atoms with van der Waals surface area (Å²) in [5.41, 5.74) is 9.11. The number of benzene rings is 1. The summed E-state index contributed by atoms with van der Waals surface area (Å²) in [5.74, 6) is 0.506. The Labute approximate surface area is 180 Å². The van der Waals surface area contributed by atoms with Gasteiger partial charge in [0.1, 0.15) is 11.6 Å². The zero-order valence-corrected chi connectivity index (χ0v) is 17.0. The van der Waals surface area contributed by atoms with Gasteiger partial charge < -0.3 is 16.0 Å². The van der Waals surface area contributed by atoms with Crippen LogP contribution in [0.2, 0.25) is 0 Å². The Kier molecular flexibility index (Phi) is 6.32. The number of carbonyl (C=O) groups is 1. The third-order valence-electron chi connectivity index (χ3n) is 5.05. The fourth-order valence-corrected chi connectivity index (χ4v) is 3.56. The molecule has 0 radical (unpaired) electrons. The molecule has 0 aliphatic carbocycles. The molecule has 7 nitrogen and oxygen atoms in total. The number of nitrogens with zero attached hydrogens (tertiary/aromatic N) is 3. The lowest BCUT2D eigenvalue weighted by atomic mass is 9.91. The molecule has 7 heteroatoms. The van der Waals surface area contributed by atoms with Gasteiger partial charge in [-0.15, -0.1) is 0 Å². The maximum atomic E-state index is 12.4. The molecule has 4 N–H and O–H groups in total. The average Bonchev–Trinajstić information content (AvgIpc) is 3.32. The van der Waals surface area contributed by atoms with Crippen molar-refractivity contribution >= 4 is 11.7 Å². The van der Waals surface area contributed by atoms with Crippen molar-refractivity contribution in [3.8, 4) is 11.3 Å². The largest absolute Gasteiger partial charge is 0.370 e. The van der Waals surface area contributed by atoms with Crippen LogP contribution in [-0.4, -0.2) is 32.4 Å². The summed E-state index contributed by atoms with van der Waals surface area (Å²) in [7, 11) is 0. The molecule has 0 saturated heterocycles. The van der Waals surface area contributed by atoms with E-state index in [1.165, 1.54) is 0 Å². The van der Waals surface area contributed by atoms with E-state index in [0.29, 0.717) is 12.4 Å². The number of nitrogens with two attached hydrogens (primary N) is 1. The van der Waals surface area contributed by atoms with Gasteiger partial charge in [-0.25, -0.2) is 9.97 Å². The number of aromatic nitrogens is 4. The predicted octanol–water partition coefficient (Wildman–Crippen LogP) is 3.53. The number of imidazole rings is 1. The molecule has 4 rings (SSSR count). The molecule has 1 amide bonds. The number of pyridine rings is 2. The summed E-state index contributed by atoms with van der Waals surface area (Å²) in [6.07, 6.45) is 8.58. The molecule has 0 aliphatic rings. The van der Waals surface area contributed by atoms with E-state index >= 15 is 0 Å². The molecule has 0 bridgehead atoms. The molecule has 1 aromatic carbocycles. The highest BCUT2D eigenvalue weighted by Gasteiger charge is 2.24. The van der Waals surface area contributed by atoms with Crippen LogP contribution in [0.4, 0.5) is 5.82 Å². The second-order valence-corrected chi connectivity index (χ2v) is 7.19. The Morgan fingerprint density at radius 3 is 2.65 bits per heavy atom. The smallest absolute Gasteiger partial charge is 0.229 e. The van der Waals surface area contributed by atoms with Gasteiger partial charge in [-0.05, 0) is 24.1 Å². The summed E-state index contributed by atoms with van der Waals surface area (Å²) >= 11 is 0. The summed E-state index contributed by atoms with van der Waals surface area (Å²) in [6.45, 7) is 0.678. The predicted molar refractivity (Wildman–Crippen MR) is 120 cm³/mol. The lowest BCUT2D eigenvalue weighted by Crippen LogP contribution is -2.24. The third kappa shape index (κ3) is 4.95. The Bertz CT molecular complexity index is 1110. The van der Waals surface area contributed by atoms with Crippen LogP contribution in [0.25, 0.3) is 11.3 Å². The van der Waals surface area contributed by atoms with E-state index in [1.54, 1.807) is 24.7 Å². The van der Waals surface area contributed by atoms with E-state index in [4.69, 9.17) is 10.7 Å². The molecule has 1 atom stereocenters. The first-order valence-corrected chi connectivity index (χ1v) is 10.2. The Balaban J connectivity index is 1.64. The van der Waals surface area contributed by atoms with Gasteiger partial charge in [-0.1, -0.05) is 42.5 Å². The quantitative estimate of drug-likeness (QED) is 0.364. The van der Waals surface area contributed by atoms with Crippen molar-refractivity contribution in [3.63, 3.8) is 0 Å². The first-order chi connectivity index (χ1) is 15.2. The monoisotopic (exact) mass is 412 g/mol. The van der Waals surface area contributed by atoms with Crippen molar-refractivity contribution in [1.82, 2.24) is 19.9 Å². The summed E-state index contributed by atoms with van der Waals surface area (Å²) < 4.78 is 0. The molecule has 0 saturated carbocycles. The Morgan fingerprint density at radius 2 is 1.94 bits per heavy atom. The fraction of sp³-hybridized carbons (Fsp3) is 0.167. The van der Waals surface area contributed by atoms with Gasteiger partial charge in [-0.2, -0.15) is 0 Å². The number of primary amides is 1. The summed E-state index contributed by atoms with van der Waals surface area (Å²) in [6, 6.07) is 17.4. The maximum absolute atomic E-state index is 12.4. The van der Waals surface area contributed by atoms with E-state index in [9.17, 15) is 4.79 Å². The van der Waals surface area contributed by atoms with Gasteiger partial charge in [0, 0.05) is 48.9 Å². The van der Waals surface area contributed by atoms with Crippen molar-refractivity contribution in [3.05, 3.63) is 96.3 Å². The van der Waals surface area contributed by atoms with Gasteiger partial charge in [0.15, 0.2) is 0 Å². The second-order valence-electron chi connectivity index (χ2n) is 7.19. The number of hydrogen-bond donors (Lipinski definition) is 3. The SMILES string of the molecule is NC(=O)C(c1cccnc1)c1ccc(-c2ccccc2)nc1NCCCc1ncc[nH]1. The zero-order chi connectivity index (χ0) is 21.5. The van der Waals surface area contributed by atoms with E-state index in [1.807, 2.05) is 54.7 Å². The third-order valence-corrected chi connectivity index (χ3v) is 5.05. The van der Waals surface area contributed by atoms with Gasteiger partial charge in [-0.3, -0.25) is 9.78 Å². The molecule has 0 fully saturated rings. The average molecular weight is 412 g/mol. The fourth-order valence-electron chi connectivity index (χ4n) is 3.56. The van der Waals surface area contributed by atoms with Crippen LogP contribution in [0, 0.1) is 0 Å². The number of anilines is 1. The molecule has 0 spiro atoms. The normalized spacial score (nSPS) is 11.7. The van der Waals surface area contributed by atoms with Gasteiger partial charge in [0.2, 0.25) is 5.91 Å². The number of rotatable bonds is 9. The number of carbonyl (C=O) groups excluding carboxylic acids is 1. The molecular formula is C24H24N6O. The lowest BCUT2D eigenvalue weighted by Gasteiger charge is -2.19. The lowest BCUT2D eigenvalue weighted by molar-refractivity contribution is -0.118. The number of amides is 1. The standard InChI is InChI=1S/C24H24N6O/c25-23(31)22(18-8-4-12-26-16-18)19-10-11-20(17-6-2-1-3-7-17)30-24(19)29-13-5-9-21-27-14-15-28-21/h1-4,6-8,10-12,14-16,22H,5,9,13H2,(H2,25,31)(H,27,28)(H,29,30). The van der Waals surface area contributed by atoms with Crippen LogP contribution in [0.15, 0.2) is 79.4 Å². The summed E-state index contributed by atoms with van der Waals surface area (Å²) in [5, 5.41) is 3.41. The van der Waals surface area contributed by atoms with Crippen molar-refractivity contribution in [1.29, 1.82) is 0 Å². The molecule has 1 unspecified atom stereocenters. The van der Waals surface area contributed by atoms with Crippen molar-refractivity contribution in [2.75, 3.05) is 11.9 Å². The highest BCUT2D eigenvalue weighted by molar-refractivity contribution is 5.87. The van der Waals surface area contributed by atoms with E-state index < -0.39 is 11.8 Å². The van der Waals surface area contributed by atoms with E-state index in [-0.39, 0.29) is 0 Å². The first kappa shape index (κ1) is 20.3. The Morgan fingerprint density at radius 1 is 1.06 bits per heavy atom. The number of aryl methyl sites for hydroxylation is 1. The second kappa shape index (κ2) is 9.67. The van der Waals surface area contributed by atoms with Gasteiger partial charge in [0.05, 0.1) is 11.6 Å². The van der Waals surface area contributed by atoms with Crippen molar-refractivity contribution < 1.29 is 4.79 Å². The highest BCUT2D eigenvalue weighted by Crippen LogP contribution is 2.31. The number of nitrogens with one attached hydrogen (secondary N) is 2. The molecule has 156 valence electrons. The molecule has 3 aromatic heterocycles. The minimum atomic E-state index is -0.640. The van der Waals surface area contributed by atoms with E-state index in [2.05, 4.69) is 20.3 Å². The minimum Gasteiger partial charge on any atom is -0.370 e. The van der Waals surface area contributed by atoms with Crippen molar-refractivity contribution in [2.45, 2.75) is 18.8 Å². The Hall–Kier alpha value is -4.00. The molecule has 4 aromatic rings. The highest BCUT2D eigenvalue weighted by atomic mass is 16.1. The molecular weight excluding hydrogens is 388 g/mol. The van der Waals surface area contributed by atoms with Crippen LogP contribution in [0.3, 0.4) is 0 Å². The van der Waals surface area contributed by atoms with Crippen LogP contribution in [0.1, 0.15) is 29.3 Å². The maximum Gasteiger partial charge on any atom is 0.229 e. The van der Waals surface area contributed by atoms with Crippen LogP contribution in [0.5, 0.6) is 0 Å². The van der Waals surface area contributed by atoms with Gasteiger partial charge in [0.25, 0.3) is 0 Å². The topological polar surface area (TPSA) is 110 Å². The zero-order valence-electron chi connectivity index (χ0n) is 17.0. The number of H-pyrrole nitrogens is 1. The summed E-state index contributed by atoms with van der Waals surface area (Å²) in [4.78, 5) is 28.8. The van der Waals surface area contributed by atoms with Crippen molar-refractivity contribution in [2.24, 2.45) is 5.73 Å². The van der Waals surface area contributed by atoms with Gasteiger partial charge >= 0.3 is 0 Å². The molecule has 3 heterocycles. The van der Waals surface area contributed by atoms with Crippen LogP contribution in [-0.2, 0) is 11.2 Å². The molecule has 0 aliphatic heterocycles. The minimum absolute atomic E-state index is 0.444. The number of hydrogen-bond acceptors (Lipinski definition) is 5. The van der Waals surface area contributed by atoms with E-state index in [0.717, 1.165) is 41.1 Å². The van der Waals surface area contributed by atoms with Crippen LogP contribution >= 0.6 is 0 Å². The van der Waals surface area contributed by atoms with Crippen LogP contribution < -0.4 is 11.1 Å². The number of aromatic amines is 1. The first-order valence-electron chi connectivity index (χ1n) is 10.2. The molecule has 31 heavy (non-hydrogen) atoms.